The molecular weight excluding hydrogens is 564 g/mol. The van der Waals surface area contributed by atoms with Gasteiger partial charge in [-0.1, -0.05) is 46.8 Å². The molecule has 0 aliphatic rings. The third kappa shape index (κ3) is 17.2. The number of primary sulfonamides is 1. The van der Waals surface area contributed by atoms with Crippen LogP contribution in [0.4, 0.5) is 5.69 Å². The van der Waals surface area contributed by atoms with Crippen LogP contribution in [0.5, 0.6) is 0 Å². The second-order valence-electron chi connectivity index (χ2n) is 11.7. The molecule has 0 radical (unpaired) electrons. The first-order valence-electron chi connectivity index (χ1n) is 13.8. The monoisotopic (exact) mass is 616 g/mol. The van der Waals surface area contributed by atoms with Gasteiger partial charge in [0.2, 0.25) is 15.9 Å². The van der Waals surface area contributed by atoms with E-state index < -0.39 is 32.2 Å². The van der Waals surface area contributed by atoms with Crippen molar-refractivity contribution >= 4 is 33.6 Å². The molecule has 0 heterocycles. The number of carbonyl (C=O) groups is 3. The SMILES string of the molecule is C=C(C)COOCCOC(=O)C(C)(C)CC.CCC(C)(C)C(=O)Nc1ccc(S(N)(=O)=O)cc1.CCC(C)(C)C(=O)O. The molecule has 0 aliphatic heterocycles. The van der Waals surface area contributed by atoms with Gasteiger partial charge < -0.3 is 15.2 Å². The van der Waals surface area contributed by atoms with Gasteiger partial charge in [0.05, 0.1) is 15.7 Å². The Balaban J connectivity index is 0. The Kier molecular flexibility index (Phi) is 18.4. The molecule has 0 aromatic heterocycles. The second-order valence-corrected chi connectivity index (χ2v) is 13.3. The van der Waals surface area contributed by atoms with E-state index in [1.807, 2.05) is 55.4 Å². The maximum absolute atomic E-state index is 11.9. The van der Waals surface area contributed by atoms with Gasteiger partial charge in [-0.05, 0) is 78.1 Å². The summed E-state index contributed by atoms with van der Waals surface area (Å²) in [6, 6.07) is 5.76. The number of sulfonamides is 1. The number of carboxylic acids is 1. The summed E-state index contributed by atoms with van der Waals surface area (Å²) < 4.78 is 27.2. The number of esters is 1. The number of nitrogens with two attached hydrogens (primary N) is 1. The molecule has 0 aliphatic carbocycles. The summed E-state index contributed by atoms with van der Waals surface area (Å²) in [4.78, 5) is 43.3. The van der Waals surface area contributed by atoms with Crippen LogP contribution in [0.2, 0.25) is 0 Å². The fourth-order valence-electron chi connectivity index (χ4n) is 2.05. The highest BCUT2D eigenvalue weighted by molar-refractivity contribution is 7.89. The summed E-state index contributed by atoms with van der Waals surface area (Å²) in [5.41, 5.74) is -0.00462. The zero-order valence-corrected chi connectivity index (χ0v) is 27.8. The summed E-state index contributed by atoms with van der Waals surface area (Å²) in [6.07, 6.45) is 2.15. The molecule has 1 rings (SSSR count). The maximum Gasteiger partial charge on any atom is 0.311 e. The van der Waals surface area contributed by atoms with Crippen molar-refractivity contribution in [2.24, 2.45) is 21.4 Å². The second kappa shape index (κ2) is 18.7. The average Bonchev–Trinajstić information content (AvgIpc) is 2.90. The van der Waals surface area contributed by atoms with Gasteiger partial charge >= 0.3 is 11.9 Å². The van der Waals surface area contributed by atoms with E-state index in [0.717, 1.165) is 12.0 Å². The minimum Gasteiger partial charge on any atom is -0.481 e. The van der Waals surface area contributed by atoms with Crippen LogP contribution in [0.1, 0.15) is 88.5 Å². The fraction of sp³-hybridized carbons (Fsp3) is 0.633. The van der Waals surface area contributed by atoms with Crippen molar-refractivity contribution in [3.63, 3.8) is 0 Å². The lowest BCUT2D eigenvalue weighted by Gasteiger charge is -2.21. The normalized spacial score (nSPS) is 11.7. The van der Waals surface area contributed by atoms with Crippen LogP contribution < -0.4 is 10.5 Å². The summed E-state index contributed by atoms with van der Waals surface area (Å²) in [5, 5.41) is 16.2. The zero-order valence-electron chi connectivity index (χ0n) is 27.0. The van der Waals surface area contributed by atoms with Crippen LogP contribution in [0.3, 0.4) is 0 Å². The molecule has 0 atom stereocenters. The molecule has 12 heteroatoms. The van der Waals surface area contributed by atoms with Crippen molar-refractivity contribution in [3.8, 4) is 0 Å². The van der Waals surface area contributed by atoms with Crippen molar-refractivity contribution in [3.05, 3.63) is 36.4 Å². The van der Waals surface area contributed by atoms with Crippen LogP contribution >= 0.6 is 0 Å². The number of amides is 1. The summed E-state index contributed by atoms with van der Waals surface area (Å²) >= 11 is 0. The standard InChI is InChI=1S/C12H18N2O3S.C12H22O4.C6H12O2/c1-4-12(2,3)11(15)14-9-5-7-10(8-6-9)18(13,16)17;1-6-12(4,5)11(13)14-7-8-15-16-9-10(2)3;1-4-6(2,3)5(7)8/h5-8H,4H2,1-3H3,(H,14,15)(H2,13,16,17);2,6-9H2,1,3-5H3;4H2,1-3H3,(H,7,8). The fourth-order valence-corrected chi connectivity index (χ4v) is 2.56. The molecule has 0 spiro atoms. The minimum absolute atomic E-state index is 0.0234. The number of aliphatic carboxylic acids is 1. The number of hydrogen-bond donors (Lipinski definition) is 3. The Morgan fingerprint density at radius 1 is 0.857 bits per heavy atom. The van der Waals surface area contributed by atoms with Gasteiger partial charge in [-0.25, -0.2) is 23.3 Å². The first-order chi connectivity index (χ1) is 19.1. The Bertz CT molecular complexity index is 1110. The van der Waals surface area contributed by atoms with Gasteiger partial charge in [-0.2, -0.15) is 0 Å². The van der Waals surface area contributed by atoms with E-state index in [-0.39, 0.29) is 30.0 Å². The molecule has 1 amide bonds. The average molecular weight is 617 g/mol. The third-order valence-electron chi connectivity index (χ3n) is 6.63. The highest BCUT2D eigenvalue weighted by Crippen LogP contribution is 2.23. The van der Waals surface area contributed by atoms with Gasteiger partial charge in [0.15, 0.2) is 0 Å². The first kappa shape index (κ1) is 41.3. The van der Waals surface area contributed by atoms with E-state index in [1.165, 1.54) is 24.3 Å². The molecule has 242 valence electrons. The van der Waals surface area contributed by atoms with E-state index in [9.17, 15) is 22.8 Å². The van der Waals surface area contributed by atoms with Crippen LogP contribution in [0, 0.1) is 16.2 Å². The minimum atomic E-state index is -3.69. The number of carboxylic acid groups (broad SMARTS) is 1. The quantitative estimate of drug-likeness (QED) is 0.0779. The van der Waals surface area contributed by atoms with E-state index in [1.54, 1.807) is 13.8 Å². The van der Waals surface area contributed by atoms with E-state index in [0.29, 0.717) is 25.1 Å². The van der Waals surface area contributed by atoms with Crippen molar-refractivity contribution < 1.29 is 42.4 Å². The van der Waals surface area contributed by atoms with Crippen LogP contribution in [-0.4, -0.2) is 51.2 Å². The molecular formula is C30H52N2O9S. The molecule has 0 saturated heterocycles. The van der Waals surface area contributed by atoms with Crippen molar-refractivity contribution in [1.82, 2.24) is 0 Å². The van der Waals surface area contributed by atoms with Crippen LogP contribution in [0.15, 0.2) is 41.3 Å². The van der Waals surface area contributed by atoms with E-state index >= 15 is 0 Å². The molecule has 0 bridgehead atoms. The number of ether oxygens (including phenoxy) is 1. The highest BCUT2D eigenvalue weighted by atomic mass is 32.2. The summed E-state index contributed by atoms with van der Waals surface area (Å²) in [5.74, 6) is -1.04. The van der Waals surface area contributed by atoms with Crippen LogP contribution in [-0.2, 0) is 38.9 Å². The Hall–Kier alpha value is -2.80. The number of hydrogen-bond acceptors (Lipinski definition) is 8. The van der Waals surface area contributed by atoms with Crippen LogP contribution in [0.25, 0.3) is 0 Å². The Morgan fingerprint density at radius 3 is 1.69 bits per heavy atom. The van der Waals surface area contributed by atoms with Crippen molar-refractivity contribution in [1.29, 1.82) is 0 Å². The molecule has 1 aromatic carbocycles. The highest BCUT2D eigenvalue weighted by Gasteiger charge is 2.27. The predicted octanol–water partition coefficient (Wildman–Crippen LogP) is 5.71. The molecule has 11 nitrogen and oxygen atoms in total. The molecule has 42 heavy (non-hydrogen) atoms. The lowest BCUT2D eigenvalue weighted by Crippen LogP contribution is -2.29. The topological polar surface area (TPSA) is 171 Å². The largest absolute Gasteiger partial charge is 0.481 e. The molecule has 0 fully saturated rings. The Labute approximate surface area is 252 Å². The number of carbonyl (C=O) groups excluding carboxylic acids is 2. The van der Waals surface area contributed by atoms with Crippen molar-refractivity contribution in [2.45, 2.75) is 93.4 Å². The van der Waals surface area contributed by atoms with Gasteiger partial charge in [-0.15, -0.1) is 0 Å². The summed E-state index contributed by atoms with van der Waals surface area (Å²) in [6.45, 7) is 22.9. The van der Waals surface area contributed by atoms with E-state index in [4.69, 9.17) is 24.8 Å². The Morgan fingerprint density at radius 2 is 1.33 bits per heavy atom. The maximum atomic E-state index is 11.9. The molecule has 0 unspecified atom stereocenters. The summed E-state index contributed by atoms with van der Waals surface area (Å²) in [7, 11) is -3.69. The van der Waals surface area contributed by atoms with Crippen molar-refractivity contribution in [2.75, 3.05) is 25.1 Å². The van der Waals surface area contributed by atoms with Gasteiger partial charge in [0, 0.05) is 11.1 Å². The first-order valence-corrected chi connectivity index (χ1v) is 15.4. The number of benzene rings is 1. The lowest BCUT2D eigenvalue weighted by molar-refractivity contribution is -0.292. The number of nitrogens with one attached hydrogen (secondary N) is 1. The number of anilines is 1. The zero-order chi connectivity index (χ0) is 33.4. The molecule has 4 N–H and O–H groups in total. The lowest BCUT2D eigenvalue weighted by atomic mass is 9.89. The van der Waals surface area contributed by atoms with Gasteiger partial charge in [-0.3, -0.25) is 14.4 Å². The molecule has 0 saturated carbocycles. The molecule has 1 aromatic rings. The number of rotatable bonds is 14. The predicted molar refractivity (Wildman–Crippen MR) is 164 cm³/mol. The van der Waals surface area contributed by atoms with Gasteiger partial charge in [0.1, 0.15) is 19.8 Å². The van der Waals surface area contributed by atoms with Gasteiger partial charge in [0.25, 0.3) is 0 Å². The third-order valence-corrected chi connectivity index (χ3v) is 7.56. The van der Waals surface area contributed by atoms with E-state index in [2.05, 4.69) is 11.9 Å². The smallest absolute Gasteiger partial charge is 0.311 e.